The van der Waals surface area contributed by atoms with E-state index in [-0.39, 0.29) is 11.6 Å². The van der Waals surface area contributed by atoms with Crippen LogP contribution in [0.3, 0.4) is 0 Å². The normalized spacial score (nSPS) is 10.7. The minimum absolute atomic E-state index is 0.0500. The first-order valence-corrected chi connectivity index (χ1v) is 8.99. The van der Waals surface area contributed by atoms with Crippen molar-refractivity contribution in [2.45, 2.75) is 6.92 Å². The minimum Gasteiger partial charge on any atom is -0.403 e. The predicted molar refractivity (Wildman–Crippen MR) is 112 cm³/mol. The van der Waals surface area contributed by atoms with E-state index in [1.54, 1.807) is 55.5 Å². The number of hydrogen-bond acceptors (Lipinski definition) is 6. The number of carbonyl (C=O) groups excluding carboxylic acids is 1. The number of hydrogen-bond donors (Lipinski definition) is 1. The highest BCUT2D eigenvalue weighted by atomic mass is 16.6. The van der Waals surface area contributed by atoms with Crippen molar-refractivity contribution in [3.05, 3.63) is 98.4 Å². The summed E-state index contributed by atoms with van der Waals surface area (Å²) in [4.78, 5) is 39.6. The molecular weight excluding hydrogens is 386 g/mol. The molecule has 3 aromatic carbocycles. The van der Waals surface area contributed by atoms with Crippen molar-refractivity contribution in [2.24, 2.45) is 0 Å². The molecule has 0 saturated carbocycles. The average molecular weight is 401 g/mol. The van der Waals surface area contributed by atoms with Crippen molar-refractivity contribution in [3.63, 3.8) is 0 Å². The van der Waals surface area contributed by atoms with Gasteiger partial charge in [-0.05, 0) is 49.4 Å². The van der Waals surface area contributed by atoms with Crippen molar-refractivity contribution in [2.75, 3.05) is 5.32 Å². The second kappa shape index (κ2) is 7.59. The van der Waals surface area contributed by atoms with Gasteiger partial charge in [0.15, 0.2) is 0 Å². The van der Waals surface area contributed by atoms with E-state index in [0.717, 1.165) is 0 Å². The molecule has 30 heavy (non-hydrogen) atoms. The third-order valence-electron chi connectivity index (χ3n) is 4.56. The van der Waals surface area contributed by atoms with E-state index in [1.165, 1.54) is 18.2 Å². The number of nitrogens with one attached hydrogen (secondary N) is 1. The molecule has 4 rings (SSSR count). The monoisotopic (exact) mass is 401 g/mol. The van der Waals surface area contributed by atoms with Crippen LogP contribution in [0.1, 0.15) is 15.9 Å². The number of nitro groups is 1. The number of benzene rings is 3. The summed E-state index contributed by atoms with van der Waals surface area (Å²) in [6.45, 7) is 1.57. The van der Waals surface area contributed by atoms with E-state index in [9.17, 15) is 19.7 Å². The van der Waals surface area contributed by atoms with Gasteiger partial charge >= 0.3 is 5.63 Å². The zero-order chi connectivity index (χ0) is 21.3. The van der Waals surface area contributed by atoms with Crippen LogP contribution >= 0.6 is 0 Å². The Morgan fingerprint density at radius 1 is 1.07 bits per heavy atom. The largest absolute Gasteiger partial charge is 0.403 e. The number of aryl methyl sites for hydroxylation is 1. The zero-order valence-electron chi connectivity index (χ0n) is 15.8. The lowest BCUT2D eigenvalue weighted by Crippen LogP contribution is -2.12. The highest BCUT2D eigenvalue weighted by molar-refractivity contribution is 6.04. The molecule has 0 aliphatic rings. The highest BCUT2D eigenvalue weighted by Crippen LogP contribution is 2.23. The van der Waals surface area contributed by atoms with E-state index in [0.29, 0.717) is 33.3 Å². The molecular formula is C22H15N3O5. The number of para-hydroxylation sites is 1. The summed E-state index contributed by atoms with van der Waals surface area (Å²) >= 11 is 0. The van der Waals surface area contributed by atoms with Gasteiger partial charge in [0.25, 0.3) is 11.6 Å². The number of nitro benzene ring substituents is 1. The first-order chi connectivity index (χ1) is 14.4. The number of aromatic nitrogens is 1. The zero-order valence-corrected chi connectivity index (χ0v) is 15.8. The van der Waals surface area contributed by atoms with Crippen LogP contribution < -0.4 is 10.9 Å². The van der Waals surface area contributed by atoms with Gasteiger partial charge in [-0.3, -0.25) is 14.9 Å². The van der Waals surface area contributed by atoms with Gasteiger partial charge in [-0.1, -0.05) is 18.2 Å². The molecule has 0 saturated heterocycles. The third-order valence-corrected chi connectivity index (χ3v) is 4.56. The van der Waals surface area contributed by atoms with Gasteiger partial charge in [0.05, 0.1) is 15.8 Å². The Bertz CT molecular complexity index is 1360. The number of fused-ring (bicyclic) bond motifs is 1. The first-order valence-electron chi connectivity index (χ1n) is 8.99. The number of rotatable bonds is 4. The first kappa shape index (κ1) is 19.0. The minimum atomic E-state index is -0.495. The summed E-state index contributed by atoms with van der Waals surface area (Å²) in [5.41, 5.74) is 1.64. The van der Waals surface area contributed by atoms with E-state index in [2.05, 4.69) is 10.3 Å². The van der Waals surface area contributed by atoms with Crippen molar-refractivity contribution in [1.29, 1.82) is 0 Å². The van der Waals surface area contributed by atoms with Crippen LogP contribution in [0.2, 0.25) is 0 Å². The molecule has 0 aliphatic carbocycles. The number of amides is 1. The molecule has 4 aromatic rings. The Hall–Kier alpha value is -4.33. The van der Waals surface area contributed by atoms with Gasteiger partial charge in [0, 0.05) is 28.4 Å². The lowest BCUT2D eigenvalue weighted by atomic mass is 10.1. The van der Waals surface area contributed by atoms with Crippen molar-refractivity contribution < 1.29 is 14.1 Å². The fourth-order valence-corrected chi connectivity index (χ4v) is 3.08. The molecule has 1 heterocycles. The molecule has 8 heteroatoms. The van der Waals surface area contributed by atoms with Gasteiger partial charge in [-0.15, -0.1) is 0 Å². The maximum absolute atomic E-state index is 12.6. The maximum Gasteiger partial charge on any atom is 0.347 e. The van der Waals surface area contributed by atoms with Crippen molar-refractivity contribution >= 4 is 28.2 Å². The van der Waals surface area contributed by atoms with Crippen molar-refractivity contribution in [3.8, 4) is 11.5 Å². The predicted octanol–water partition coefficient (Wildman–Crippen LogP) is 4.32. The smallest absolute Gasteiger partial charge is 0.347 e. The lowest BCUT2D eigenvalue weighted by Gasteiger charge is -2.08. The molecule has 1 aromatic heterocycles. The summed E-state index contributed by atoms with van der Waals surface area (Å²) in [6.07, 6.45) is 0. The molecule has 0 bridgehead atoms. The molecule has 1 N–H and O–H groups in total. The number of carbonyl (C=O) groups is 1. The summed E-state index contributed by atoms with van der Waals surface area (Å²) in [5.74, 6) is -0.279. The molecule has 0 radical (unpaired) electrons. The third kappa shape index (κ3) is 3.66. The van der Waals surface area contributed by atoms with Crippen LogP contribution in [0, 0.1) is 17.0 Å². The standard InChI is InChI=1S/C22H15N3O5/c1-13-11-14(9-10-19(13)25(28)29)20(26)23-16-6-4-5-15(12-16)21-24-18-8-3-2-7-17(18)22(27)30-21/h2-12H,1H3,(H,23,26). The van der Waals surface area contributed by atoms with Gasteiger partial charge < -0.3 is 9.73 Å². The Balaban J connectivity index is 1.63. The van der Waals surface area contributed by atoms with Crippen LogP contribution in [0.25, 0.3) is 22.4 Å². The maximum atomic E-state index is 12.6. The van der Waals surface area contributed by atoms with Gasteiger partial charge in [0.1, 0.15) is 0 Å². The van der Waals surface area contributed by atoms with Crippen LogP contribution in [0.4, 0.5) is 11.4 Å². The van der Waals surface area contributed by atoms with Crippen LogP contribution in [-0.4, -0.2) is 15.8 Å². The van der Waals surface area contributed by atoms with Crippen LogP contribution in [-0.2, 0) is 0 Å². The number of anilines is 1. The Morgan fingerprint density at radius 2 is 1.87 bits per heavy atom. The van der Waals surface area contributed by atoms with E-state index in [1.807, 2.05) is 0 Å². The summed E-state index contributed by atoms with van der Waals surface area (Å²) in [6, 6.07) is 17.8. The molecule has 0 fully saturated rings. The van der Waals surface area contributed by atoms with E-state index in [4.69, 9.17) is 4.42 Å². The summed E-state index contributed by atoms with van der Waals surface area (Å²) in [7, 11) is 0. The van der Waals surface area contributed by atoms with Crippen molar-refractivity contribution in [1.82, 2.24) is 4.98 Å². The molecule has 0 atom stereocenters. The topological polar surface area (TPSA) is 115 Å². The Morgan fingerprint density at radius 3 is 2.63 bits per heavy atom. The molecule has 148 valence electrons. The molecule has 0 unspecified atom stereocenters. The molecule has 0 spiro atoms. The quantitative estimate of drug-likeness (QED) is 0.402. The lowest BCUT2D eigenvalue weighted by molar-refractivity contribution is -0.385. The summed E-state index contributed by atoms with van der Waals surface area (Å²) < 4.78 is 5.33. The second-order valence-electron chi connectivity index (χ2n) is 6.62. The van der Waals surface area contributed by atoms with Crippen LogP contribution in [0.5, 0.6) is 0 Å². The average Bonchev–Trinajstić information content (AvgIpc) is 2.73. The van der Waals surface area contributed by atoms with Gasteiger partial charge in [-0.2, -0.15) is 0 Å². The van der Waals surface area contributed by atoms with Gasteiger partial charge in [-0.25, -0.2) is 9.78 Å². The molecule has 8 nitrogen and oxygen atoms in total. The Kier molecular flexibility index (Phi) is 4.81. The van der Waals surface area contributed by atoms with Gasteiger partial charge in [0.2, 0.25) is 5.89 Å². The summed E-state index contributed by atoms with van der Waals surface area (Å²) in [5, 5.41) is 14.1. The second-order valence-corrected chi connectivity index (χ2v) is 6.62. The highest BCUT2D eigenvalue weighted by Gasteiger charge is 2.15. The fraction of sp³-hybridized carbons (Fsp3) is 0.0455. The van der Waals surface area contributed by atoms with Crippen LogP contribution in [0.15, 0.2) is 75.9 Å². The van der Waals surface area contributed by atoms with E-state index >= 15 is 0 Å². The van der Waals surface area contributed by atoms with E-state index < -0.39 is 16.5 Å². The SMILES string of the molecule is Cc1cc(C(=O)Nc2cccc(-c3nc4ccccc4c(=O)o3)c2)ccc1[N+](=O)[O-]. The number of nitrogens with zero attached hydrogens (tertiary/aromatic N) is 2. The Labute approximate surface area is 170 Å². The molecule has 1 amide bonds. The molecule has 0 aliphatic heterocycles. The fourth-order valence-electron chi connectivity index (χ4n) is 3.08.